The average Bonchev–Trinajstić information content (AvgIpc) is 2.98. The van der Waals surface area contributed by atoms with Gasteiger partial charge in [-0.25, -0.2) is 9.48 Å². The van der Waals surface area contributed by atoms with E-state index in [-0.39, 0.29) is 17.6 Å². The Morgan fingerprint density at radius 1 is 1.55 bits per heavy atom. The molecule has 0 radical (unpaired) electrons. The zero-order valence-corrected chi connectivity index (χ0v) is 11.2. The first-order valence-corrected chi connectivity index (χ1v) is 6.64. The van der Waals surface area contributed by atoms with Crippen LogP contribution >= 0.6 is 0 Å². The molecule has 0 unspecified atom stereocenters. The van der Waals surface area contributed by atoms with Crippen molar-refractivity contribution in [2.24, 2.45) is 0 Å². The van der Waals surface area contributed by atoms with Crippen molar-refractivity contribution in [2.45, 2.75) is 32.4 Å². The zero-order chi connectivity index (χ0) is 14.1. The largest absolute Gasteiger partial charge is 0.461 e. The molecule has 2 aromatic heterocycles. The first-order chi connectivity index (χ1) is 9.66. The second-order valence-corrected chi connectivity index (χ2v) is 4.89. The molecule has 1 aliphatic carbocycles. The van der Waals surface area contributed by atoms with Gasteiger partial charge in [0.1, 0.15) is 0 Å². The maximum Gasteiger partial charge on any atom is 0.346 e. The van der Waals surface area contributed by atoms with Crippen LogP contribution in [0.2, 0.25) is 0 Å². The van der Waals surface area contributed by atoms with Gasteiger partial charge in [-0.1, -0.05) is 0 Å². The van der Waals surface area contributed by atoms with Gasteiger partial charge in [0.05, 0.1) is 12.8 Å². The van der Waals surface area contributed by atoms with Gasteiger partial charge < -0.3 is 9.73 Å². The summed E-state index contributed by atoms with van der Waals surface area (Å²) in [4.78, 5) is 23.2. The lowest BCUT2D eigenvalue weighted by Gasteiger charge is -2.00. The van der Waals surface area contributed by atoms with E-state index < -0.39 is 0 Å². The van der Waals surface area contributed by atoms with E-state index in [0.717, 1.165) is 12.8 Å². The van der Waals surface area contributed by atoms with E-state index in [1.807, 2.05) is 0 Å². The number of nitrogens with one attached hydrogen (secondary N) is 1. The summed E-state index contributed by atoms with van der Waals surface area (Å²) in [5.41, 5.74) is -0.149. The summed E-state index contributed by atoms with van der Waals surface area (Å²) < 4.78 is 8.41. The van der Waals surface area contributed by atoms with E-state index in [9.17, 15) is 9.59 Å². The molecule has 3 rings (SSSR count). The van der Waals surface area contributed by atoms with Crippen LogP contribution < -0.4 is 11.0 Å². The van der Waals surface area contributed by atoms with Crippen molar-refractivity contribution in [2.75, 3.05) is 6.54 Å². The van der Waals surface area contributed by atoms with Crippen molar-refractivity contribution in [1.82, 2.24) is 19.7 Å². The molecule has 0 aliphatic heterocycles. The van der Waals surface area contributed by atoms with Crippen LogP contribution in [0.5, 0.6) is 0 Å². The van der Waals surface area contributed by atoms with Gasteiger partial charge in [0, 0.05) is 19.5 Å². The van der Waals surface area contributed by atoms with Gasteiger partial charge in [-0.05, 0) is 25.0 Å². The topological polar surface area (TPSA) is 82.1 Å². The quantitative estimate of drug-likeness (QED) is 0.874. The molecule has 7 heteroatoms. The predicted molar refractivity (Wildman–Crippen MR) is 71.1 cm³/mol. The fraction of sp³-hybridized carbons (Fsp3) is 0.462. The third kappa shape index (κ3) is 2.38. The molecular formula is C13H16N4O3. The number of furan rings is 1. The molecule has 20 heavy (non-hydrogen) atoms. The van der Waals surface area contributed by atoms with Crippen molar-refractivity contribution in [3.63, 3.8) is 0 Å². The van der Waals surface area contributed by atoms with Crippen LogP contribution in [0.15, 0.2) is 27.6 Å². The Balaban J connectivity index is 1.90. The summed E-state index contributed by atoms with van der Waals surface area (Å²) in [5.74, 6) is 1.03. The monoisotopic (exact) mass is 276 g/mol. The number of carbonyl (C=O) groups excluding carboxylic acids is 1. The Labute approximate surface area is 115 Å². The standard InChI is InChI=1S/C13H16N4O3/c1-9(18)14-6-7-16-13(19)17(10-4-5-10)12(15-16)11-3-2-8-20-11/h2-3,8,10H,4-7H2,1H3,(H,14,18). The third-order valence-electron chi connectivity index (χ3n) is 3.22. The number of amides is 1. The Bertz CT molecular complexity index is 664. The van der Waals surface area contributed by atoms with Crippen LogP contribution in [0.1, 0.15) is 25.8 Å². The molecule has 2 aromatic rings. The number of carbonyl (C=O) groups is 1. The molecule has 0 bridgehead atoms. The highest BCUT2D eigenvalue weighted by atomic mass is 16.3. The smallest absolute Gasteiger partial charge is 0.346 e. The van der Waals surface area contributed by atoms with Crippen LogP contribution in [0.4, 0.5) is 0 Å². The molecular weight excluding hydrogens is 260 g/mol. The zero-order valence-electron chi connectivity index (χ0n) is 11.2. The lowest BCUT2D eigenvalue weighted by atomic mass is 10.4. The summed E-state index contributed by atoms with van der Waals surface area (Å²) in [5, 5.41) is 6.99. The molecule has 1 aliphatic rings. The molecule has 1 amide bonds. The lowest BCUT2D eigenvalue weighted by Crippen LogP contribution is -2.31. The van der Waals surface area contributed by atoms with Gasteiger partial charge in [0.25, 0.3) is 0 Å². The third-order valence-corrected chi connectivity index (χ3v) is 3.22. The van der Waals surface area contributed by atoms with Crippen LogP contribution in [0.25, 0.3) is 11.6 Å². The maximum atomic E-state index is 12.4. The second kappa shape index (κ2) is 4.99. The van der Waals surface area contributed by atoms with Crippen molar-refractivity contribution >= 4 is 5.91 Å². The molecule has 1 N–H and O–H groups in total. The average molecular weight is 276 g/mol. The molecule has 1 fully saturated rings. The second-order valence-electron chi connectivity index (χ2n) is 4.89. The van der Waals surface area contributed by atoms with Gasteiger partial charge in [-0.3, -0.25) is 9.36 Å². The Morgan fingerprint density at radius 2 is 2.35 bits per heavy atom. The lowest BCUT2D eigenvalue weighted by molar-refractivity contribution is -0.118. The number of rotatable bonds is 5. The summed E-state index contributed by atoms with van der Waals surface area (Å²) in [7, 11) is 0. The minimum Gasteiger partial charge on any atom is -0.461 e. The van der Waals surface area contributed by atoms with E-state index in [4.69, 9.17) is 4.42 Å². The number of aromatic nitrogens is 3. The molecule has 0 aromatic carbocycles. The molecule has 1 saturated carbocycles. The van der Waals surface area contributed by atoms with Gasteiger partial charge in [0.15, 0.2) is 5.76 Å². The van der Waals surface area contributed by atoms with E-state index in [1.54, 1.807) is 23.0 Å². The Kier molecular flexibility index (Phi) is 3.17. The van der Waals surface area contributed by atoms with E-state index in [1.165, 1.54) is 11.6 Å². The van der Waals surface area contributed by atoms with Gasteiger partial charge in [-0.15, -0.1) is 5.10 Å². The van der Waals surface area contributed by atoms with Crippen LogP contribution in [-0.2, 0) is 11.3 Å². The Morgan fingerprint density at radius 3 is 2.95 bits per heavy atom. The normalized spacial score (nSPS) is 14.4. The molecule has 7 nitrogen and oxygen atoms in total. The van der Waals surface area contributed by atoms with E-state index >= 15 is 0 Å². The maximum absolute atomic E-state index is 12.4. The van der Waals surface area contributed by atoms with Crippen molar-refractivity contribution in [3.05, 3.63) is 28.9 Å². The van der Waals surface area contributed by atoms with E-state index in [2.05, 4.69) is 10.4 Å². The molecule has 0 saturated heterocycles. The van der Waals surface area contributed by atoms with Crippen LogP contribution in [-0.4, -0.2) is 26.8 Å². The fourth-order valence-corrected chi connectivity index (χ4v) is 2.14. The van der Waals surface area contributed by atoms with Crippen molar-refractivity contribution in [1.29, 1.82) is 0 Å². The first-order valence-electron chi connectivity index (χ1n) is 6.64. The minimum absolute atomic E-state index is 0.120. The predicted octanol–water partition coefficient (Wildman–Crippen LogP) is 0.776. The molecule has 106 valence electrons. The highest BCUT2D eigenvalue weighted by molar-refractivity contribution is 5.72. The van der Waals surface area contributed by atoms with Crippen LogP contribution in [0.3, 0.4) is 0 Å². The summed E-state index contributed by atoms with van der Waals surface area (Å²) in [6, 6.07) is 3.78. The molecule has 0 spiro atoms. The summed E-state index contributed by atoms with van der Waals surface area (Å²) in [6.45, 7) is 2.18. The number of hydrogen-bond donors (Lipinski definition) is 1. The van der Waals surface area contributed by atoms with Gasteiger partial charge >= 0.3 is 5.69 Å². The van der Waals surface area contributed by atoms with Crippen LogP contribution in [0, 0.1) is 0 Å². The molecule has 2 heterocycles. The number of nitrogens with zero attached hydrogens (tertiary/aromatic N) is 3. The van der Waals surface area contributed by atoms with Gasteiger partial charge in [0.2, 0.25) is 11.7 Å². The summed E-state index contributed by atoms with van der Waals surface area (Å²) >= 11 is 0. The van der Waals surface area contributed by atoms with Gasteiger partial charge in [-0.2, -0.15) is 0 Å². The minimum atomic E-state index is -0.149. The van der Waals surface area contributed by atoms with Crippen molar-refractivity contribution in [3.8, 4) is 11.6 Å². The first kappa shape index (κ1) is 12.7. The fourth-order valence-electron chi connectivity index (χ4n) is 2.14. The van der Waals surface area contributed by atoms with E-state index in [0.29, 0.717) is 24.7 Å². The SMILES string of the molecule is CC(=O)NCCn1nc(-c2ccco2)n(C2CC2)c1=O. The molecule has 0 atom stereocenters. The number of hydrogen-bond acceptors (Lipinski definition) is 4. The highest BCUT2D eigenvalue weighted by Gasteiger charge is 2.31. The summed E-state index contributed by atoms with van der Waals surface area (Å²) in [6.07, 6.45) is 3.55. The highest BCUT2D eigenvalue weighted by Crippen LogP contribution is 2.36. The van der Waals surface area contributed by atoms with Crippen molar-refractivity contribution < 1.29 is 9.21 Å². The Hall–Kier alpha value is -2.31.